The number of unbranched alkanes of at least 4 members (excludes halogenated alkanes) is 1. The summed E-state index contributed by atoms with van der Waals surface area (Å²) in [5.74, 6) is 0. The van der Waals surface area contributed by atoms with Gasteiger partial charge in [-0.1, -0.05) is 20.3 Å². The Hall–Kier alpha value is -0.0800. The first-order valence-electron chi connectivity index (χ1n) is 6.83. The molecule has 2 nitrogen and oxygen atoms in total. The molecule has 0 bridgehead atoms. The maximum atomic E-state index is 3.41. The Morgan fingerprint density at radius 2 is 2.13 bits per heavy atom. The third-order valence-electron chi connectivity index (χ3n) is 3.44. The molecule has 1 aliphatic rings. The summed E-state index contributed by atoms with van der Waals surface area (Å²) in [6, 6.07) is 0.898. The minimum Gasteiger partial charge on any atom is -0.317 e. The smallest absolute Gasteiger partial charge is 0.00962 e. The fourth-order valence-electron chi connectivity index (χ4n) is 2.52. The molecule has 90 valence electrons. The highest BCUT2D eigenvalue weighted by atomic mass is 15.2. The summed E-state index contributed by atoms with van der Waals surface area (Å²) in [4.78, 5) is 2.72. The molecule has 15 heavy (non-hydrogen) atoms. The van der Waals surface area contributed by atoms with Gasteiger partial charge in [-0.15, -0.1) is 0 Å². The van der Waals surface area contributed by atoms with E-state index in [9.17, 15) is 0 Å². The van der Waals surface area contributed by atoms with Gasteiger partial charge in [-0.05, 0) is 58.3 Å². The molecule has 0 amide bonds. The van der Waals surface area contributed by atoms with Crippen LogP contribution in [0.25, 0.3) is 0 Å². The molecule has 0 aliphatic carbocycles. The van der Waals surface area contributed by atoms with E-state index >= 15 is 0 Å². The Morgan fingerprint density at radius 1 is 1.27 bits per heavy atom. The van der Waals surface area contributed by atoms with Crippen LogP contribution in [-0.2, 0) is 0 Å². The second-order valence-electron chi connectivity index (χ2n) is 4.68. The second-order valence-corrected chi connectivity index (χ2v) is 4.68. The van der Waals surface area contributed by atoms with E-state index in [-0.39, 0.29) is 0 Å². The fourth-order valence-corrected chi connectivity index (χ4v) is 2.52. The first-order valence-corrected chi connectivity index (χ1v) is 6.83. The van der Waals surface area contributed by atoms with Crippen molar-refractivity contribution in [2.24, 2.45) is 0 Å². The van der Waals surface area contributed by atoms with Crippen molar-refractivity contribution in [1.82, 2.24) is 10.2 Å². The molecule has 0 unspecified atom stereocenters. The highest BCUT2D eigenvalue weighted by Gasteiger charge is 2.22. The molecule has 0 radical (unpaired) electrons. The van der Waals surface area contributed by atoms with Gasteiger partial charge in [0.2, 0.25) is 0 Å². The molecule has 1 atom stereocenters. The van der Waals surface area contributed by atoms with Crippen molar-refractivity contribution in [2.45, 2.75) is 58.4 Å². The van der Waals surface area contributed by atoms with Crippen LogP contribution in [0.1, 0.15) is 52.4 Å². The van der Waals surface area contributed by atoms with Crippen molar-refractivity contribution in [3.05, 3.63) is 0 Å². The highest BCUT2D eigenvalue weighted by molar-refractivity contribution is 4.78. The van der Waals surface area contributed by atoms with Gasteiger partial charge in [-0.3, -0.25) is 0 Å². The Morgan fingerprint density at radius 3 is 2.87 bits per heavy atom. The Kier molecular flexibility index (Phi) is 7.03. The lowest BCUT2D eigenvalue weighted by Crippen LogP contribution is -2.31. The lowest BCUT2D eigenvalue weighted by molar-refractivity contribution is 0.236. The number of nitrogens with one attached hydrogen (secondary N) is 1. The van der Waals surface area contributed by atoms with Crippen LogP contribution in [0.4, 0.5) is 0 Å². The van der Waals surface area contributed by atoms with Gasteiger partial charge in [0.1, 0.15) is 0 Å². The molecule has 0 spiro atoms. The van der Waals surface area contributed by atoms with Crippen molar-refractivity contribution in [3.63, 3.8) is 0 Å². The molecule has 1 rings (SSSR count). The van der Waals surface area contributed by atoms with E-state index in [0.717, 1.165) is 12.6 Å². The normalized spacial score (nSPS) is 22.4. The summed E-state index contributed by atoms with van der Waals surface area (Å²) in [6.45, 7) is 9.48. The summed E-state index contributed by atoms with van der Waals surface area (Å²) >= 11 is 0. The van der Waals surface area contributed by atoms with Crippen LogP contribution in [0.3, 0.4) is 0 Å². The number of hydrogen-bond donors (Lipinski definition) is 1. The fraction of sp³-hybridized carbons (Fsp3) is 1.00. The van der Waals surface area contributed by atoms with Crippen molar-refractivity contribution >= 4 is 0 Å². The van der Waals surface area contributed by atoms with E-state index in [0.29, 0.717) is 0 Å². The first-order chi connectivity index (χ1) is 7.38. The van der Waals surface area contributed by atoms with Crippen molar-refractivity contribution in [3.8, 4) is 0 Å². The zero-order chi connectivity index (χ0) is 10.9. The second kappa shape index (κ2) is 8.12. The average Bonchev–Trinajstić information content (AvgIpc) is 2.69. The molecule has 1 saturated heterocycles. The van der Waals surface area contributed by atoms with Crippen LogP contribution in [0.5, 0.6) is 0 Å². The predicted octanol–water partition coefficient (Wildman–Crippen LogP) is 2.64. The molecule has 1 heterocycles. The van der Waals surface area contributed by atoms with Crippen molar-refractivity contribution < 1.29 is 0 Å². The van der Waals surface area contributed by atoms with Crippen molar-refractivity contribution in [1.29, 1.82) is 0 Å². The van der Waals surface area contributed by atoms with Crippen molar-refractivity contribution in [2.75, 3.05) is 26.2 Å². The summed E-state index contributed by atoms with van der Waals surface area (Å²) in [7, 11) is 0. The SMILES string of the molecule is CCCCN1CCC[C@H]1CCCNCC. The number of hydrogen-bond acceptors (Lipinski definition) is 2. The van der Waals surface area contributed by atoms with Crippen LogP contribution in [0.2, 0.25) is 0 Å². The molecule has 1 fully saturated rings. The molecule has 0 aromatic heterocycles. The largest absolute Gasteiger partial charge is 0.317 e. The standard InChI is InChI=1S/C13H28N2/c1-3-5-11-15-12-7-9-13(15)8-6-10-14-4-2/h13-14H,3-12H2,1-2H3/t13-/m1/s1. The van der Waals surface area contributed by atoms with Gasteiger partial charge in [0.25, 0.3) is 0 Å². The molecule has 0 aromatic carbocycles. The van der Waals surface area contributed by atoms with Gasteiger partial charge in [0.05, 0.1) is 0 Å². The maximum Gasteiger partial charge on any atom is 0.00962 e. The monoisotopic (exact) mass is 212 g/mol. The molecular weight excluding hydrogens is 184 g/mol. The quantitative estimate of drug-likeness (QED) is 0.622. The van der Waals surface area contributed by atoms with Crippen LogP contribution >= 0.6 is 0 Å². The Balaban J connectivity index is 2.09. The van der Waals surface area contributed by atoms with Crippen LogP contribution in [0.15, 0.2) is 0 Å². The van der Waals surface area contributed by atoms with Gasteiger partial charge >= 0.3 is 0 Å². The van der Waals surface area contributed by atoms with Crippen LogP contribution in [-0.4, -0.2) is 37.1 Å². The minimum absolute atomic E-state index is 0.898. The summed E-state index contributed by atoms with van der Waals surface area (Å²) in [6.07, 6.45) is 8.33. The van der Waals surface area contributed by atoms with E-state index in [4.69, 9.17) is 0 Å². The molecular formula is C13H28N2. The number of rotatable bonds is 8. The highest BCUT2D eigenvalue weighted by Crippen LogP contribution is 2.21. The lowest BCUT2D eigenvalue weighted by atomic mass is 10.1. The predicted molar refractivity (Wildman–Crippen MR) is 67.3 cm³/mol. The minimum atomic E-state index is 0.898. The number of nitrogens with zero attached hydrogens (tertiary/aromatic N) is 1. The third kappa shape index (κ3) is 4.98. The van der Waals surface area contributed by atoms with E-state index in [2.05, 4.69) is 24.1 Å². The molecule has 2 heteroatoms. The molecule has 1 N–H and O–H groups in total. The van der Waals surface area contributed by atoms with E-state index in [1.165, 1.54) is 58.2 Å². The van der Waals surface area contributed by atoms with Gasteiger partial charge in [-0.25, -0.2) is 0 Å². The Labute approximate surface area is 95.4 Å². The Bertz CT molecular complexity index is 147. The zero-order valence-electron chi connectivity index (χ0n) is 10.6. The first kappa shape index (κ1) is 13.0. The van der Waals surface area contributed by atoms with Crippen LogP contribution < -0.4 is 5.32 Å². The third-order valence-corrected chi connectivity index (χ3v) is 3.44. The van der Waals surface area contributed by atoms with Crippen LogP contribution in [0, 0.1) is 0 Å². The van der Waals surface area contributed by atoms with Gasteiger partial charge in [-0.2, -0.15) is 0 Å². The summed E-state index contributed by atoms with van der Waals surface area (Å²) in [5.41, 5.74) is 0. The van der Waals surface area contributed by atoms with Gasteiger partial charge in [0.15, 0.2) is 0 Å². The molecule has 0 aromatic rings. The summed E-state index contributed by atoms with van der Waals surface area (Å²) in [5, 5.41) is 3.41. The summed E-state index contributed by atoms with van der Waals surface area (Å²) < 4.78 is 0. The maximum absolute atomic E-state index is 3.41. The average molecular weight is 212 g/mol. The molecule has 1 aliphatic heterocycles. The van der Waals surface area contributed by atoms with Gasteiger partial charge in [0, 0.05) is 6.04 Å². The number of likely N-dealkylation sites (tertiary alicyclic amines) is 1. The molecule has 0 saturated carbocycles. The van der Waals surface area contributed by atoms with E-state index in [1.807, 2.05) is 0 Å². The van der Waals surface area contributed by atoms with E-state index in [1.54, 1.807) is 0 Å². The zero-order valence-corrected chi connectivity index (χ0v) is 10.6. The van der Waals surface area contributed by atoms with E-state index < -0.39 is 0 Å². The lowest BCUT2D eigenvalue weighted by Gasteiger charge is -2.24. The van der Waals surface area contributed by atoms with Gasteiger partial charge < -0.3 is 10.2 Å². The topological polar surface area (TPSA) is 15.3 Å².